The van der Waals surface area contributed by atoms with Crippen LogP contribution in [-0.2, 0) is 22.6 Å². The Kier molecular flexibility index (Phi) is 8.90. The molecule has 162 valence electrons. The number of hydrogen-bond acceptors (Lipinski definition) is 3. The van der Waals surface area contributed by atoms with E-state index in [1.807, 2.05) is 69.3 Å². The summed E-state index contributed by atoms with van der Waals surface area (Å²) >= 11 is 0. The molecule has 1 N–H and O–H groups in total. The van der Waals surface area contributed by atoms with E-state index in [0.717, 1.165) is 17.5 Å². The van der Waals surface area contributed by atoms with E-state index in [4.69, 9.17) is 4.74 Å². The molecule has 0 aromatic heterocycles. The Bertz CT molecular complexity index is 813. The largest absolute Gasteiger partial charge is 0.484 e. The molecule has 2 amide bonds. The third-order valence-electron chi connectivity index (χ3n) is 5.02. The maximum absolute atomic E-state index is 13.0. The van der Waals surface area contributed by atoms with Gasteiger partial charge in [0, 0.05) is 13.1 Å². The Balaban J connectivity index is 2.10. The molecule has 1 atom stereocenters. The summed E-state index contributed by atoms with van der Waals surface area (Å²) in [6.45, 7) is 10.8. The maximum atomic E-state index is 13.0. The van der Waals surface area contributed by atoms with Gasteiger partial charge in [0.2, 0.25) is 5.91 Å². The molecule has 0 spiro atoms. The van der Waals surface area contributed by atoms with Crippen molar-refractivity contribution in [1.82, 2.24) is 10.2 Å². The fraction of sp³-hybridized carbons (Fsp3) is 0.440. The molecule has 1 unspecified atom stereocenters. The molecule has 0 saturated carbocycles. The third kappa shape index (κ3) is 7.21. The molecular formula is C25H34N2O3. The SMILES string of the molecule is CCc1ccc(OCC(=O)N(Cc2ccc(C)cc2)C(C)C(=O)NCC(C)C)cc1. The summed E-state index contributed by atoms with van der Waals surface area (Å²) in [6, 6.07) is 15.1. The second-order valence-electron chi connectivity index (χ2n) is 8.11. The first-order valence-electron chi connectivity index (χ1n) is 10.6. The molecule has 2 aromatic rings. The molecule has 30 heavy (non-hydrogen) atoms. The lowest BCUT2D eigenvalue weighted by Gasteiger charge is -2.29. The van der Waals surface area contributed by atoms with Gasteiger partial charge in [0.25, 0.3) is 5.91 Å². The Morgan fingerprint density at radius 1 is 0.967 bits per heavy atom. The van der Waals surface area contributed by atoms with Crippen LogP contribution in [0.15, 0.2) is 48.5 Å². The van der Waals surface area contributed by atoms with Crippen LogP contribution in [0.3, 0.4) is 0 Å². The van der Waals surface area contributed by atoms with Gasteiger partial charge >= 0.3 is 0 Å². The van der Waals surface area contributed by atoms with Crippen molar-refractivity contribution < 1.29 is 14.3 Å². The fourth-order valence-corrected chi connectivity index (χ4v) is 2.97. The minimum absolute atomic E-state index is 0.112. The normalized spacial score (nSPS) is 11.8. The smallest absolute Gasteiger partial charge is 0.261 e. The van der Waals surface area contributed by atoms with Crippen molar-refractivity contribution in [2.45, 2.75) is 53.6 Å². The molecular weight excluding hydrogens is 376 g/mol. The molecule has 0 saturated heterocycles. The lowest BCUT2D eigenvalue weighted by molar-refractivity contribution is -0.142. The highest BCUT2D eigenvalue weighted by Crippen LogP contribution is 2.15. The van der Waals surface area contributed by atoms with Crippen molar-refractivity contribution in [2.24, 2.45) is 5.92 Å². The van der Waals surface area contributed by atoms with Gasteiger partial charge in [0.15, 0.2) is 6.61 Å². The second-order valence-corrected chi connectivity index (χ2v) is 8.11. The van der Waals surface area contributed by atoms with Crippen LogP contribution in [0.25, 0.3) is 0 Å². The van der Waals surface area contributed by atoms with E-state index in [1.165, 1.54) is 5.56 Å². The van der Waals surface area contributed by atoms with Gasteiger partial charge in [-0.05, 0) is 49.4 Å². The molecule has 2 aromatic carbocycles. The number of rotatable bonds is 10. The number of benzene rings is 2. The van der Waals surface area contributed by atoms with Crippen LogP contribution in [0.4, 0.5) is 0 Å². The number of nitrogens with one attached hydrogen (secondary N) is 1. The summed E-state index contributed by atoms with van der Waals surface area (Å²) in [5, 5.41) is 2.92. The molecule has 0 heterocycles. The van der Waals surface area contributed by atoms with E-state index in [9.17, 15) is 9.59 Å². The number of carbonyl (C=O) groups is 2. The van der Waals surface area contributed by atoms with E-state index < -0.39 is 6.04 Å². The van der Waals surface area contributed by atoms with Gasteiger partial charge in [-0.25, -0.2) is 0 Å². The number of carbonyl (C=O) groups excluding carboxylic acids is 2. The first kappa shape index (κ1) is 23.5. The maximum Gasteiger partial charge on any atom is 0.261 e. The summed E-state index contributed by atoms with van der Waals surface area (Å²) in [5.41, 5.74) is 3.34. The number of hydrogen-bond donors (Lipinski definition) is 1. The number of amides is 2. The van der Waals surface area contributed by atoms with Gasteiger partial charge in [-0.3, -0.25) is 9.59 Å². The van der Waals surface area contributed by atoms with Crippen LogP contribution in [0, 0.1) is 12.8 Å². The van der Waals surface area contributed by atoms with E-state index >= 15 is 0 Å². The van der Waals surface area contributed by atoms with Gasteiger partial charge in [0.1, 0.15) is 11.8 Å². The molecule has 0 aliphatic carbocycles. The zero-order chi connectivity index (χ0) is 22.1. The van der Waals surface area contributed by atoms with Gasteiger partial charge in [-0.15, -0.1) is 0 Å². The average Bonchev–Trinajstić information content (AvgIpc) is 2.75. The van der Waals surface area contributed by atoms with Gasteiger partial charge in [-0.1, -0.05) is 62.7 Å². The summed E-state index contributed by atoms with van der Waals surface area (Å²) in [4.78, 5) is 27.2. The zero-order valence-corrected chi connectivity index (χ0v) is 18.8. The van der Waals surface area contributed by atoms with Crippen LogP contribution < -0.4 is 10.1 Å². The van der Waals surface area contributed by atoms with E-state index in [2.05, 4.69) is 12.2 Å². The molecule has 0 fully saturated rings. The first-order chi connectivity index (χ1) is 14.3. The minimum atomic E-state index is -0.594. The fourth-order valence-electron chi connectivity index (χ4n) is 2.97. The second kappa shape index (κ2) is 11.4. The van der Waals surface area contributed by atoms with Crippen LogP contribution in [-0.4, -0.2) is 35.9 Å². The van der Waals surface area contributed by atoms with Crippen LogP contribution >= 0.6 is 0 Å². The lowest BCUT2D eigenvalue weighted by Crippen LogP contribution is -2.49. The molecule has 0 bridgehead atoms. The first-order valence-corrected chi connectivity index (χ1v) is 10.6. The van der Waals surface area contributed by atoms with E-state index in [0.29, 0.717) is 24.8 Å². The van der Waals surface area contributed by atoms with Gasteiger partial charge in [-0.2, -0.15) is 0 Å². The van der Waals surface area contributed by atoms with Crippen molar-refractivity contribution >= 4 is 11.8 Å². The Morgan fingerprint density at radius 3 is 2.13 bits per heavy atom. The summed E-state index contributed by atoms with van der Waals surface area (Å²) in [7, 11) is 0. The highest BCUT2D eigenvalue weighted by molar-refractivity contribution is 5.87. The standard InChI is InChI=1S/C25H34N2O3/c1-6-21-11-13-23(14-12-21)30-17-24(28)27(16-22-9-7-19(4)8-10-22)20(5)25(29)26-15-18(2)3/h7-14,18,20H,6,15-17H2,1-5H3,(H,26,29). The number of nitrogens with zero attached hydrogens (tertiary/aromatic N) is 1. The van der Waals surface area contributed by atoms with Crippen molar-refractivity contribution in [1.29, 1.82) is 0 Å². The van der Waals surface area contributed by atoms with Gasteiger partial charge in [0.05, 0.1) is 0 Å². The van der Waals surface area contributed by atoms with Crippen LogP contribution in [0.1, 0.15) is 44.4 Å². The van der Waals surface area contributed by atoms with Gasteiger partial charge < -0.3 is 15.0 Å². The van der Waals surface area contributed by atoms with E-state index in [-0.39, 0.29) is 18.4 Å². The van der Waals surface area contributed by atoms with Crippen molar-refractivity contribution in [3.05, 3.63) is 65.2 Å². The topological polar surface area (TPSA) is 58.6 Å². The number of aryl methyl sites for hydroxylation is 2. The Morgan fingerprint density at radius 2 is 1.57 bits per heavy atom. The van der Waals surface area contributed by atoms with Crippen LogP contribution in [0.5, 0.6) is 5.75 Å². The average molecular weight is 411 g/mol. The monoisotopic (exact) mass is 410 g/mol. The van der Waals surface area contributed by atoms with Crippen molar-refractivity contribution in [3.63, 3.8) is 0 Å². The van der Waals surface area contributed by atoms with Crippen LogP contribution in [0.2, 0.25) is 0 Å². The van der Waals surface area contributed by atoms with E-state index in [1.54, 1.807) is 11.8 Å². The molecule has 0 aliphatic rings. The number of ether oxygens (including phenoxy) is 1. The Labute approximate surface area is 180 Å². The summed E-state index contributed by atoms with van der Waals surface area (Å²) in [5.74, 6) is 0.614. The highest BCUT2D eigenvalue weighted by Gasteiger charge is 2.26. The third-order valence-corrected chi connectivity index (χ3v) is 5.02. The Hall–Kier alpha value is -2.82. The molecule has 5 nitrogen and oxygen atoms in total. The predicted molar refractivity (Wildman–Crippen MR) is 120 cm³/mol. The minimum Gasteiger partial charge on any atom is -0.484 e. The molecule has 5 heteroatoms. The predicted octanol–water partition coefficient (Wildman–Crippen LogP) is 4.13. The molecule has 2 rings (SSSR count). The highest BCUT2D eigenvalue weighted by atomic mass is 16.5. The molecule has 0 radical (unpaired) electrons. The lowest BCUT2D eigenvalue weighted by atomic mass is 10.1. The summed E-state index contributed by atoms with van der Waals surface area (Å²) in [6.07, 6.45) is 0.951. The molecule has 0 aliphatic heterocycles. The van der Waals surface area contributed by atoms with Crippen molar-refractivity contribution in [2.75, 3.05) is 13.2 Å². The zero-order valence-electron chi connectivity index (χ0n) is 18.8. The van der Waals surface area contributed by atoms with Crippen molar-refractivity contribution in [3.8, 4) is 5.75 Å². The quantitative estimate of drug-likeness (QED) is 0.641. The summed E-state index contributed by atoms with van der Waals surface area (Å²) < 4.78 is 5.71.